The van der Waals surface area contributed by atoms with Gasteiger partial charge in [0.1, 0.15) is 5.75 Å². The Hall–Kier alpha value is -1.06. The zero-order valence-electron chi connectivity index (χ0n) is 9.95. The highest BCUT2D eigenvalue weighted by molar-refractivity contribution is 5.37. The lowest BCUT2D eigenvalue weighted by atomic mass is 10.1. The van der Waals surface area contributed by atoms with Gasteiger partial charge in [-0.2, -0.15) is 0 Å². The summed E-state index contributed by atoms with van der Waals surface area (Å²) in [5.41, 5.74) is 2.40. The zero-order valence-corrected chi connectivity index (χ0v) is 9.95. The molecule has 2 rings (SSSR count). The molecule has 1 heterocycles. The van der Waals surface area contributed by atoms with Crippen LogP contribution >= 0.6 is 0 Å². The van der Waals surface area contributed by atoms with Gasteiger partial charge in [0.15, 0.2) is 0 Å². The van der Waals surface area contributed by atoms with Crippen molar-refractivity contribution in [3.63, 3.8) is 0 Å². The van der Waals surface area contributed by atoms with Crippen molar-refractivity contribution in [1.29, 1.82) is 0 Å². The van der Waals surface area contributed by atoms with Crippen LogP contribution < -0.4 is 10.1 Å². The molecule has 1 aliphatic heterocycles. The molecule has 1 saturated heterocycles. The third kappa shape index (κ3) is 2.54. The van der Waals surface area contributed by atoms with Gasteiger partial charge in [0.2, 0.25) is 0 Å². The van der Waals surface area contributed by atoms with Crippen LogP contribution in [0.2, 0.25) is 0 Å². The van der Waals surface area contributed by atoms with Crippen LogP contribution in [0.3, 0.4) is 0 Å². The van der Waals surface area contributed by atoms with E-state index in [-0.39, 0.29) is 6.10 Å². The highest BCUT2D eigenvalue weighted by Gasteiger charge is 2.16. The predicted molar refractivity (Wildman–Crippen MR) is 63.9 cm³/mol. The Morgan fingerprint density at radius 3 is 3.00 bits per heavy atom. The molecule has 1 N–H and O–H groups in total. The van der Waals surface area contributed by atoms with Crippen molar-refractivity contribution in [1.82, 2.24) is 5.32 Å². The van der Waals surface area contributed by atoms with Crippen molar-refractivity contribution in [2.45, 2.75) is 20.0 Å². The quantitative estimate of drug-likeness (QED) is 0.847. The molecule has 16 heavy (non-hydrogen) atoms. The SMILES string of the molecule is CCOc1ccc(C2CNCCO2)cc1C. The van der Waals surface area contributed by atoms with Gasteiger partial charge >= 0.3 is 0 Å². The van der Waals surface area contributed by atoms with E-state index in [1.165, 1.54) is 11.1 Å². The van der Waals surface area contributed by atoms with Crippen molar-refractivity contribution in [3.05, 3.63) is 29.3 Å². The van der Waals surface area contributed by atoms with E-state index in [9.17, 15) is 0 Å². The summed E-state index contributed by atoms with van der Waals surface area (Å²) >= 11 is 0. The molecule has 0 spiro atoms. The number of hydrogen-bond acceptors (Lipinski definition) is 3. The van der Waals surface area contributed by atoms with E-state index in [4.69, 9.17) is 9.47 Å². The first-order chi connectivity index (χ1) is 7.81. The monoisotopic (exact) mass is 221 g/mol. The minimum atomic E-state index is 0.183. The molecule has 0 saturated carbocycles. The molecule has 1 aromatic carbocycles. The van der Waals surface area contributed by atoms with E-state index in [2.05, 4.69) is 24.4 Å². The molecular weight excluding hydrogens is 202 g/mol. The minimum absolute atomic E-state index is 0.183. The van der Waals surface area contributed by atoms with E-state index in [0.717, 1.165) is 25.4 Å². The van der Waals surface area contributed by atoms with Gasteiger partial charge in [-0.15, -0.1) is 0 Å². The molecule has 3 heteroatoms. The Morgan fingerprint density at radius 1 is 1.50 bits per heavy atom. The molecular formula is C13H19NO2. The normalized spacial score (nSPS) is 20.8. The van der Waals surface area contributed by atoms with Crippen molar-refractivity contribution in [3.8, 4) is 5.75 Å². The van der Waals surface area contributed by atoms with Crippen LogP contribution in [0.4, 0.5) is 0 Å². The fourth-order valence-electron chi connectivity index (χ4n) is 1.97. The van der Waals surface area contributed by atoms with Gasteiger partial charge in [-0.25, -0.2) is 0 Å². The molecule has 0 bridgehead atoms. The number of morpholine rings is 1. The third-order valence-corrected chi connectivity index (χ3v) is 2.80. The summed E-state index contributed by atoms with van der Waals surface area (Å²) in [6.45, 7) is 7.42. The first kappa shape index (κ1) is 11.4. The van der Waals surface area contributed by atoms with E-state index < -0.39 is 0 Å². The standard InChI is InChI=1S/C13H19NO2/c1-3-15-12-5-4-11(8-10(12)2)13-9-14-6-7-16-13/h4-5,8,13-14H,3,6-7,9H2,1-2H3. The van der Waals surface area contributed by atoms with Crippen LogP contribution in [0.25, 0.3) is 0 Å². The van der Waals surface area contributed by atoms with Crippen molar-refractivity contribution in [2.24, 2.45) is 0 Å². The summed E-state index contributed by atoms with van der Waals surface area (Å²) in [5.74, 6) is 0.968. The zero-order chi connectivity index (χ0) is 11.4. The fraction of sp³-hybridized carbons (Fsp3) is 0.538. The van der Waals surface area contributed by atoms with Gasteiger partial charge in [0, 0.05) is 13.1 Å². The molecule has 0 aliphatic carbocycles. The Morgan fingerprint density at radius 2 is 2.38 bits per heavy atom. The van der Waals surface area contributed by atoms with Crippen LogP contribution in [0.5, 0.6) is 5.75 Å². The van der Waals surface area contributed by atoms with E-state index in [0.29, 0.717) is 6.61 Å². The maximum absolute atomic E-state index is 5.72. The topological polar surface area (TPSA) is 30.5 Å². The van der Waals surface area contributed by atoms with Gasteiger partial charge in [0.25, 0.3) is 0 Å². The number of rotatable bonds is 3. The lowest BCUT2D eigenvalue weighted by molar-refractivity contribution is 0.0276. The minimum Gasteiger partial charge on any atom is -0.494 e. The molecule has 1 unspecified atom stereocenters. The molecule has 88 valence electrons. The third-order valence-electron chi connectivity index (χ3n) is 2.80. The number of aryl methyl sites for hydroxylation is 1. The average molecular weight is 221 g/mol. The molecule has 0 radical (unpaired) electrons. The lowest BCUT2D eigenvalue weighted by Crippen LogP contribution is -2.33. The second kappa shape index (κ2) is 5.32. The summed E-state index contributed by atoms with van der Waals surface area (Å²) in [5, 5.41) is 3.34. The van der Waals surface area contributed by atoms with Crippen LogP contribution in [-0.2, 0) is 4.74 Å². The van der Waals surface area contributed by atoms with Crippen LogP contribution in [-0.4, -0.2) is 26.3 Å². The molecule has 1 fully saturated rings. The van der Waals surface area contributed by atoms with Gasteiger partial charge in [-0.1, -0.05) is 6.07 Å². The molecule has 1 aromatic rings. The van der Waals surface area contributed by atoms with Crippen LogP contribution in [0, 0.1) is 6.92 Å². The summed E-state index contributed by atoms with van der Waals surface area (Å²) < 4.78 is 11.2. The molecule has 0 aromatic heterocycles. The van der Waals surface area contributed by atoms with Crippen molar-refractivity contribution >= 4 is 0 Å². The Labute approximate surface area is 96.8 Å². The fourth-order valence-corrected chi connectivity index (χ4v) is 1.97. The van der Waals surface area contributed by atoms with Crippen LogP contribution in [0.1, 0.15) is 24.2 Å². The summed E-state index contributed by atoms with van der Waals surface area (Å²) in [7, 11) is 0. The van der Waals surface area contributed by atoms with Gasteiger partial charge in [-0.05, 0) is 37.1 Å². The maximum atomic E-state index is 5.72. The van der Waals surface area contributed by atoms with Crippen molar-refractivity contribution < 1.29 is 9.47 Å². The smallest absolute Gasteiger partial charge is 0.122 e. The largest absolute Gasteiger partial charge is 0.494 e. The van der Waals surface area contributed by atoms with Gasteiger partial charge in [0.05, 0.1) is 19.3 Å². The first-order valence-corrected chi connectivity index (χ1v) is 5.87. The summed E-state index contributed by atoms with van der Waals surface area (Å²) in [4.78, 5) is 0. The summed E-state index contributed by atoms with van der Waals surface area (Å²) in [6, 6.07) is 6.28. The number of benzene rings is 1. The first-order valence-electron chi connectivity index (χ1n) is 5.87. The molecule has 3 nitrogen and oxygen atoms in total. The molecule has 1 atom stereocenters. The highest BCUT2D eigenvalue weighted by Crippen LogP contribution is 2.25. The Bertz CT molecular complexity index is 346. The number of nitrogens with one attached hydrogen (secondary N) is 1. The average Bonchev–Trinajstić information content (AvgIpc) is 2.33. The van der Waals surface area contributed by atoms with E-state index in [1.54, 1.807) is 0 Å². The van der Waals surface area contributed by atoms with Gasteiger partial charge < -0.3 is 14.8 Å². The lowest BCUT2D eigenvalue weighted by Gasteiger charge is -2.24. The van der Waals surface area contributed by atoms with Crippen molar-refractivity contribution in [2.75, 3.05) is 26.3 Å². The van der Waals surface area contributed by atoms with E-state index in [1.807, 2.05) is 13.0 Å². The van der Waals surface area contributed by atoms with Gasteiger partial charge in [-0.3, -0.25) is 0 Å². The maximum Gasteiger partial charge on any atom is 0.122 e. The second-order valence-electron chi connectivity index (χ2n) is 4.02. The number of ether oxygens (including phenoxy) is 2. The Balaban J connectivity index is 2.13. The Kier molecular flexibility index (Phi) is 3.80. The van der Waals surface area contributed by atoms with E-state index >= 15 is 0 Å². The van der Waals surface area contributed by atoms with Crippen LogP contribution in [0.15, 0.2) is 18.2 Å². The highest BCUT2D eigenvalue weighted by atomic mass is 16.5. The summed E-state index contributed by atoms with van der Waals surface area (Å²) in [6.07, 6.45) is 0.183. The molecule has 0 amide bonds. The number of hydrogen-bond donors (Lipinski definition) is 1. The second-order valence-corrected chi connectivity index (χ2v) is 4.02. The predicted octanol–water partition coefficient (Wildman–Crippen LogP) is 2.05. The molecule has 1 aliphatic rings.